The Morgan fingerprint density at radius 1 is 0.952 bits per heavy atom. The summed E-state index contributed by atoms with van der Waals surface area (Å²) in [6.07, 6.45) is 10.0. The lowest BCUT2D eigenvalue weighted by atomic mass is 9.88. The molecule has 0 spiro atoms. The van der Waals surface area contributed by atoms with Gasteiger partial charge in [-0.25, -0.2) is 0 Å². The number of aromatic nitrogens is 4. The van der Waals surface area contributed by atoms with Gasteiger partial charge in [0.25, 0.3) is 0 Å². The van der Waals surface area contributed by atoms with Crippen LogP contribution in [0, 0.1) is 0 Å². The summed E-state index contributed by atoms with van der Waals surface area (Å²) < 4.78 is 3.55. The van der Waals surface area contributed by atoms with Crippen LogP contribution < -0.4 is 0 Å². The van der Waals surface area contributed by atoms with Crippen LogP contribution in [0.4, 0.5) is 0 Å². The molecule has 1 fully saturated rings. The molecule has 0 radical (unpaired) electrons. The quantitative estimate of drug-likeness (QED) is 0.795. The Morgan fingerprint density at radius 3 is 1.81 bits per heavy atom. The van der Waals surface area contributed by atoms with E-state index in [-0.39, 0.29) is 5.78 Å². The van der Waals surface area contributed by atoms with Crippen LogP contribution >= 0.6 is 0 Å². The first-order valence-electron chi connectivity index (χ1n) is 7.07. The van der Waals surface area contributed by atoms with Gasteiger partial charge in [0.1, 0.15) is 0 Å². The summed E-state index contributed by atoms with van der Waals surface area (Å²) in [6, 6.07) is 3.83. The lowest BCUT2D eigenvalue weighted by molar-refractivity contribution is -0.112. The molecule has 1 aliphatic rings. The van der Waals surface area contributed by atoms with Crippen molar-refractivity contribution in [3.05, 3.63) is 47.1 Å². The second-order valence-corrected chi connectivity index (χ2v) is 5.28. The highest BCUT2D eigenvalue weighted by Crippen LogP contribution is 2.27. The SMILES string of the molecule is Cn1nccc1/C=C1\CCC/C(=C\c2ccnn2C)C1=O. The molecule has 0 amide bonds. The summed E-state index contributed by atoms with van der Waals surface area (Å²) in [5.41, 5.74) is 3.64. The molecule has 0 unspecified atom stereocenters. The molecule has 1 saturated carbocycles. The van der Waals surface area contributed by atoms with Crippen molar-refractivity contribution < 1.29 is 4.79 Å². The molecule has 0 atom stereocenters. The van der Waals surface area contributed by atoms with Gasteiger partial charge in [0, 0.05) is 37.6 Å². The molecule has 2 aromatic rings. The number of aryl methyl sites for hydroxylation is 2. The second kappa shape index (κ2) is 5.52. The van der Waals surface area contributed by atoms with Gasteiger partial charge in [-0.2, -0.15) is 10.2 Å². The zero-order valence-corrected chi connectivity index (χ0v) is 12.3. The van der Waals surface area contributed by atoms with Crippen molar-refractivity contribution in [3.63, 3.8) is 0 Å². The van der Waals surface area contributed by atoms with Crippen LogP contribution in [0.25, 0.3) is 12.2 Å². The van der Waals surface area contributed by atoms with Crippen molar-refractivity contribution in [2.75, 3.05) is 0 Å². The number of hydrogen-bond acceptors (Lipinski definition) is 3. The standard InChI is InChI=1S/C16H18N4O/c1-19-14(6-8-17-19)10-12-4-3-5-13(16(12)21)11-15-7-9-18-20(15)2/h6-11H,3-5H2,1-2H3/b12-10+,13-11+. The maximum Gasteiger partial charge on any atom is 0.185 e. The summed E-state index contributed by atoms with van der Waals surface area (Å²) in [5.74, 6) is 0.142. The summed E-state index contributed by atoms with van der Waals surface area (Å²) in [6.45, 7) is 0. The molecule has 0 saturated heterocycles. The van der Waals surface area contributed by atoms with E-state index in [1.165, 1.54) is 0 Å². The molecule has 2 heterocycles. The van der Waals surface area contributed by atoms with Gasteiger partial charge in [0.05, 0.1) is 11.4 Å². The van der Waals surface area contributed by atoms with E-state index in [4.69, 9.17) is 0 Å². The third-order valence-electron chi connectivity index (χ3n) is 3.84. The monoisotopic (exact) mass is 282 g/mol. The molecule has 0 aromatic carbocycles. The van der Waals surface area contributed by atoms with Crippen LogP contribution in [0.3, 0.4) is 0 Å². The molecule has 0 N–H and O–H groups in total. The van der Waals surface area contributed by atoms with E-state index in [1.807, 2.05) is 38.4 Å². The van der Waals surface area contributed by atoms with Gasteiger partial charge in [-0.05, 0) is 43.5 Å². The summed E-state index contributed by atoms with van der Waals surface area (Å²) in [4.78, 5) is 12.6. The van der Waals surface area contributed by atoms with Gasteiger partial charge in [-0.3, -0.25) is 14.2 Å². The van der Waals surface area contributed by atoms with Crippen LogP contribution in [0.5, 0.6) is 0 Å². The van der Waals surface area contributed by atoms with Crippen LogP contribution in [-0.4, -0.2) is 25.3 Å². The van der Waals surface area contributed by atoms with Crippen LogP contribution in [0.15, 0.2) is 35.7 Å². The highest BCUT2D eigenvalue weighted by molar-refractivity contribution is 6.13. The molecule has 0 bridgehead atoms. The Balaban J connectivity index is 1.91. The molecular formula is C16H18N4O. The highest BCUT2D eigenvalue weighted by atomic mass is 16.1. The molecule has 5 heteroatoms. The van der Waals surface area contributed by atoms with E-state index < -0.39 is 0 Å². The van der Waals surface area contributed by atoms with E-state index in [1.54, 1.807) is 21.8 Å². The van der Waals surface area contributed by atoms with Gasteiger partial charge in [-0.15, -0.1) is 0 Å². The van der Waals surface area contributed by atoms with Crippen molar-refractivity contribution >= 4 is 17.9 Å². The number of carbonyl (C=O) groups is 1. The van der Waals surface area contributed by atoms with Crippen LogP contribution in [0.2, 0.25) is 0 Å². The van der Waals surface area contributed by atoms with E-state index in [9.17, 15) is 4.79 Å². The molecule has 0 aliphatic heterocycles. The van der Waals surface area contributed by atoms with Gasteiger partial charge >= 0.3 is 0 Å². The maximum atomic E-state index is 12.6. The first kappa shape index (κ1) is 13.5. The smallest absolute Gasteiger partial charge is 0.185 e. The number of nitrogens with zero attached hydrogens (tertiary/aromatic N) is 4. The van der Waals surface area contributed by atoms with Gasteiger partial charge in [0.2, 0.25) is 0 Å². The third kappa shape index (κ3) is 2.72. The number of allylic oxidation sites excluding steroid dienone is 2. The van der Waals surface area contributed by atoms with E-state index in [0.717, 1.165) is 41.8 Å². The summed E-state index contributed by atoms with van der Waals surface area (Å²) in [7, 11) is 3.76. The number of hydrogen-bond donors (Lipinski definition) is 0. The molecule has 5 nitrogen and oxygen atoms in total. The Bertz CT molecular complexity index is 673. The fraction of sp³-hybridized carbons (Fsp3) is 0.312. The maximum absolute atomic E-state index is 12.6. The molecule has 3 rings (SSSR count). The Labute approximate surface area is 123 Å². The largest absolute Gasteiger partial charge is 0.289 e. The summed E-state index contributed by atoms with van der Waals surface area (Å²) >= 11 is 0. The molecule has 108 valence electrons. The first-order valence-corrected chi connectivity index (χ1v) is 7.07. The van der Waals surface area contributed by atoms with Crippen molar-refractivity contribution in [2.24, 2.45) is 14.1 Å². The number of carbonyl (C=O) groups excluding carboxylic acids is 1. The fourth-order valence-electron chi connectivity index (χ4n) is 2.59. The number of rotatable bonds is 2. The average Bonchev–Trinajstić information content (AvgIpc) is 3.04. The Hall–Kier alpha value is -2.43. The molecular weight excluding hydrogens is 264 g/mol. The van der Waals surface area contributed by atoms with Crippen LogP contribution in [-0.2, 0) is 18.9 Å². The minimum absolute atomic E-state index is 0.142. The fourth-order valence-corrected chi connectivity index (χ4v) is 2.59. The minimum atomic E-state index is 0.142. The zero-order chi connectivity index (χ0) is 14.8. The van der Waals surface area contributed by atoms with Crippen molar-refractivity contribution in [1.29, 1.82) is 0 Å². The molecule has 1 aliphatic carbocycles. The normalized spacial score (nSPS) is 19.6. The van der Waals surface area contributed by atoms with E-state index >= 15 is 0 Å². The van der Waals surface area contributed by atoms with Gasteiger partial charge in [0.15, 0.2) is 5.78 Å². The lowest BCUT2D eigenvalue weighted by Crippen LogP contribution is -2.13. The zero-order valence-electron chi connectivity index (χ0n) is 12.3. The van der Waals surface area contributed by atoms with E-state index in [2.05, 4.69) is 10.2 Å². The van der Waals surface area contributed by atoms with Gasteiger partial charge in [-0.1, -0.05) is 0 Å². The van der Waals surface area contributed by atoms with Gasteiger partial charge < -0.3 is 0 Å². The molecule has 2 aromatic heterocycles. The Morgan fingerprint density at radius 2 is 1.43 bits per heavy atom. The highest BCUT2D eigenvalue weighted by Gasteiger charge is 2.21. The average molecular weight is 282 g/mol. The second-order valence-electron chi connectivity index (χ2n) is 5.28. The third-order valence-corrected chi connectivity index (χ3v) is 3.84. The number of ketones is 1. The minimum Gasteiger partial charge on any atom is -0.289 e. The van der Waals surface area contributed by atoms with Crippen molar-refractivity contribution in [2.45, 2.75) is 19.3 Å². The van der Waals surface area contributed by atoms with Crippen molar-refractivity contribution in [1.82, 2.24) is 19.6 Å². The predicted molar refractivity (Wildman–Crippen MR) is 81.2 cm³/mol. The number of Topliss-reactive ketones (excluding diaryl/α,β-unsaturated/α-hetero) is 1. The first-order chi connectivity index (χ1) is 10.1. The molecule has 21 heavy (non-hydrogen) atoms. The summed E-state index contributed by atoms with van der Waals surface area (Å²) in [5, 5.41) is 8.27. The predicted octanol–water partition coefficient (Wildman–Crippen LogP) is 2.37. The topological polar surface area (TPSA) is 52.7 Å². The Kier molecular flexibility index (Phi) is 3.56. The lowest BCUT2D eigenvalue weighted by Gasteiger charge is -2.16. The van der Waals surface area contributed by atoms with Crippen LogP contribution in [0.1, 0.15) is 30.7 Å². The van der Waals surface area contributed by atoms with Crippen molar-refractivity contribution in [3.8, 4) is 0 Å². The van der Waals surface area contributed by atoms with E-state index in [0.29, 0.717) is 0 Å².